The molecular formula is C23H25FN2O4S2. The second-order valence-corrected chi connectivity index (χ2v) is 9.42. The minimum Gasteiger partial charge on any atom is -0.476 e. The molecule has 0 saturated carbocycles. The third-order valence-corrected chi connectivity index (χ3v) is 7.38. The number of ether oxygens (including phenoxy) is 1. The summed E-state index contributed by atoms with van der Waals surface area (Å²) in [5, 5.41) is 8.76. The van der Waals surface area contributed by atoms with Crippen LogP contribution < -0.4 is 9.64 Å². The Morgan fingerprint density at radius 3 is 2.69 bits per heavy atom. The smallest absolute Gasteiger partial charge is 0.368 e. The Morgan fingerprint density at radius 2 is 2.06 bits per heavy atom. The molecule has 0 radical (unpaired) electrons. The van der Waals surface area contributed by atoms with Crippen molar-refractivity contribution in [2.75, 3.05) is 24.7 Å². The van der Waals surface area contributed by atoms with Crippen molar-refractivity contribution in [2.45, 2.75) is 29.2 Å². The van der Waals surface area contributed by atoms with Crippen molar-refractivity contribution in [3.63, 3.8) is 0 Å². The van der Waals surface area contributed by atoms with Crippen molar-refractivity contribution in [2.24, 2.45) is 0 Å². The number of benzene rings is 2. The second kappa shape index (κ2) is 10.8. The van der Waals surface area contributed by atoms with Crippen LogP contribution in [0.1, 0.15) is 13.3 Å². The number of halogens is 1. The van der Waals surface area contributed by atoms with Gasteiger partial charge in [0.1, 0.15) is 23.0 Å². The monoisotopic (exact) mass is 476 g/mol. The lowest BCUT2D eigenvalue weighted by Crippen LogP contribution is -2.38. The van der Waals surface area contributed by atoms with Gasteiger partial charge in [0.15, 0.2) is 0 Å². The van der Waals surface area contributed by atoms with Crippen LogP contribution in [-0.4, -0.2) is 45.5 Å². The van der Waals surface area contributed by atoms with Crippen LogP contribution >= 0.6 is 11.8 Å². The third-order valence-electron chi connectivity index (χ3n) is 5.10. The van der Waals surface area contributed by atoms with Gasteiger partial charge in [0.05, 0.1) is 15.5 Å². The van der Waals surface area contributed by atoms with Crippen LogP contribution in [0.2, 0.25) is 0 Å². The van der Waals surface area contributed by atoms with Crippen LogP contribution in [0.5, 0.6) is 5.75 Å². The molecule has 0 aromatic heterocycles. The van der Waals surface area contributed by atoms with Gasteiger partial charge < -0.3 is 14.7 Å². The summed E-state index contributed by atoms with van der Waals surface area (Å²) in [4.78, 5) is 14.1. The van der Waals surface area contributed by atoms with Crippen molar-refractivity contribution >= 4 is 40.1 Å². The van der Waals surface area contributed by atoms with E-state index in [0.717, 1.165) is 17.8 Å². The first kappa shape index (κ1) is 24.0. The maximum atomic E-state index is 13.5. The Kier molecular flexibility index (Phi) is 8.11. The van der Waals surface area contributed by atoms with E-state index in [9.17, 15) is 13.4 Å². The summed E-state index contributed by atoms with van der Waals surface area (Å²) in [6, 6.07) is 13.3. The van der Waals surface area contributed by atoms with Crippen molar-refractivity contribution in [1.29, 1.82) is 0 Å². The summed E-state index contributed by atoms with van der Waals surface area (Å²) in [6.07, 6.45) is 7.15. The van der Waals surface area contributed by atoms with Crippen LogP contribution in [0.3, 0.4) is 0 Å². The van der Waals surface area contributed by atoms with Crippen LogP contribution in [0.15, 0.2) is 76.5 Å². The van der Waals surface area contributed by atoms with E-state index in [0.29, 0.717) is 22.6 Å². The zero-order valence-corrected chi connectivity index (χ0v) is 19.7. The number of hydrogen-bond acceptors (Lipinski definition) is 5. The Hall–Kier alpha value is -2.62. The summed E-state index contributed by atoms with van der Waals surface area (Å²) in [5.41, 5.74) is 1.73. The number of aliphatic carboxylic acids is 1. The second-order valence-electron chi connectivity index (χ2n) is 7.06. The predicted molar refractivity (Wildman–Crippen MR) is 127 cm³/mol. The largest absolute Gasteiger partial charge is 0.476 e. The molecule has 170 valence electrons. The van der Waals surface area contributed by atoms with E-state index in [1.807, 2.05) is 67.0 Å². The zero-order chi connectivity index (χ0) is 23.3. The van der Waals surface area contributed by atoms with Crippen LogP contribution in [0, 0.1) is 0 Å². The highest BCUT2D eigenvalue weighted by atomic mass is 32.2. The summed E-state index contributed by atoms with van der Waals surface area (Å²) in [5.74, 6) is -2.88. The molecule has 1 N–H and O–H groups in total. The SMILES string of the molecule is C/C=C/CC1CN(c2ccccc2)c2cc(SC)c(O/C=C(\F)C(=O)O)cc2S(=O)N1C. The van der Waals surface area contributed by atoms with E-state index in [1.165, 1.54) is 11.8 Å². The van der Waals surface area contributed by atoms with Gasteiger partial charge >= 0.3 is 5.97 Å². The van der Waals surface area contributed by atoms with E-state index < -0.39 is 22.8 Å². The molecular weight excluding hydrogens is 451 g/mol. The Morgan fingerprint density at radius 1 is 1.34 bits per heavy atom. The van der Waals surface area contributed by atoms with E-state index >= 15 is 0 Å². The van der Waals surface area contributed by atoms with Crippen LogP contribution in [0.25, 0.3) is 0 Å². The highest BCUT2D eigenvalue weighted by molar-refractivity contribution is 7.98. The van der Waals surface area contributed by atoms with Crippen molar-refractivity contribution in [1.82, 2.24) is 4.31 Å². The molecule has 0 bridgehead atoms. The molecule has 9 heteroatoms. The van der Waals surface area contributed by atoms with Gasteiger partial charge in [0.2, 0.25) is 5.83 Å². The molecule has 0 spiro atoms. The standard InChI is InChI=1S/C23H25FN2O4S2/c1-4-5-9-17-14-26(16-10-7-6-8-11-16)19-12-21(31-3)20(30-15-18(24)23(27)28)13-22(19)32(29)25(17)2/h4-8,10-13,15,17H,9,14H2,1-3H3,(H,27,28)/b5-4+,18-15-. The van der Waals surface area contributed by atoms with E-state index in [2.05, 4.69) is 11.0 Å². The molecule has 0 saturated heterocycles. The fourth-order valence-electron chi connectivity index (χ4n) is 3.38. The van der Waals surface area contributed by atoms with Crippen molar-refractivity contribution < 1.29 is 23.2 Å². The van der Waals surface area contributed by atoms with Gasteiger partial charge in [-0.3, -0.25) is 0 Å². The summed E-state index contributed by atoms with van der Waals surface area (Å²) in [6.45, 7) is 2.57. The molecule has 0 fully saturated rings. The van der Waals surface area contributed by atoms with E-state index in [4.69, 9.17) is 9.84 Å². The molecule has 1 heterocycles. The highest BCUT2D eigenvalue weighted by Crippen LogP contribution is 2.42. The summed E-state index contributed by atoms with van der Waals surface area (Å²) in [7, 11) is 0.304. The normalized spacial score (nSPS) is 19.6. The molecule has 2 aromatic carbocycles. The molecule has 2 unspecified atom stereocenters. The number of fused-ring (bicyclic) bond motifs is 1. The number of rotatable bonds is 7. The number of likely N-dealkylation sites (N-methyl/N-ethyl adjacent to an activating group) is 1. The molecule has 0 aliphatic carbocycles. The summed E-state index contributed by atoms with van der Waals surface area (Å²) < 4.78 is 34.2. The van der Waals surface area contributed by atoms with Crippen LogP contribution in [0.4, 0.5) is 15.8 Å². The highest BCUT2D eigenvalue weighted by Gasteiger charge is 2.32. The molecule has 2 atom stereocenters. The number of carbonyl (C=O) groups is 1. The number of para-hydroxylation sites is 1. The number of anilines is 2. The molecule has 1 aliphatic heterocycles. The maximum absolute atomic E-state index is 13.5. The lowest BCUT2D eigenvalue weighted by Gasteiger charge is -2.29. The first-order chi connectivity index (χ1) is 15.4. The molecule has 0 amide bonds. The molecule has 1 aliphatic rings. The average molecular weight is 477 g/mol. The van der Waals surface area contributed by atoms with E-state index in [1.54, 1.807) is 6.07 Å². The van der Waals surface area contributed by atoms with E-state index in [-0.39, 0.29) is 11.8 Å². The maximum Gasteiger partial charge on any atom is 0.368 e. The lowest BCUT2D eigenvalue weighted by molar-refractivity contribution is -0.134. The van der Waals surface area contributed by atoms with Gasteiger partial charge in [0.25, 0.3) is 0 Å². The number of carboxylic acid groups (broad SMARTS) is 1. The van der Waals surface area contributed by atoms with Crippen LogP contribution in [-0.2, 0) is 15.8 Å². The quantitative estimate of drug-likeness (QED) is 0.259. The van der Waals surface area contributed by atoms with Gasteiger partial charge in [-0.15, -0.1) is 11.8 Å². The van der Waals surface area contributed by atoms with Crippen molar-refractivity contribution in [3.05, 3.63) is 66.7 Å². The molecule has 6 nitrogen and oxygen atoms in total. The third kappa shape index (κ3) is 5.23. The molecule has 2 aromatic rings. The van der Waals surface area contributed by atoms with Gasteiger partial charge in [-0.25, -0.2) is 13.3 Å². The number of thioether (sulfide) groups is 1. The molecule has 32 heavy (non-hydrogen) atoms. The first-order valence-electron chi connectivity index (χ1n) is 9.93. The van der Waals surface area contributed by atoms with Gasteiger partial charge in [-0.05, 0) is 37.8 Å². The first-order valence-corrected chi connectivity index (χ1v) is 12.3. The fraction of sp³-hybridized carbons (Fsp3) is 0.261. The predicted octanol–water partition coefficient (Wildman–Crippen LogP) is 5.12. The number of carboxylic acids is 1. The average Bonchev–Trinajstić information content (AvgIpc) is 2.90. The number of nitrogens with zero attached hydrogens (tertiary/aromatic N) is 2. The van der Waals surface area contributed by atoms with Gasteiger partial charge in [0, 0.05) is 31.4 Å². The molecule has 3 rings (SSSR count). The summed E-state index contributed by atoms with van der Waals surface area (Å²) >= 11 is 1.37. The fourth-order valence-corrected chi connectivity index (χ4v) is 5.21. The number of allylic oxidation sites excluding steroid dienone is 1. The topological polar surface area (TPSA) is 70.1 Å². The zero-order valence-electron chi connectivity index (χ0n) is 18.0. The lowest BCUT2D eigenvalue weighted by atomic mass is 10.1. The van der Waals surface area contributed by atoms with Gasteiger partial charge in [-0.2, -0.15) is 4.39 Å². The minimum atomic E-state index is -1.71. The Balaban J connectivity index is 2.15. The minimum absolute atomic E-state index is 0.0221. The number of hydrogen-bond donors (Lipinski definition) is 1. The Bertz CT molecular complexity index is 1060. The van der Waals surface area contributed by atoms with Crippen molar-refractivity contribution in [3.8, 4) is 5.75 Å². The Labute approximate surface area is 194 Å². The van der Waals surface area contributed by atoms with Gasteiger partial charge in [-0.1, -0.05) is 30.4 Å².